The maximum absolute atomic E-state index is 4.50. The van der Waals surface area contributed by atoms with E-state index in [4.69, 9.17) is 0 Å². The van der Waals surface area contributed by atoms with Crippen molar-refractivity contribution in [3.05, 3.63) is 66.9 Å². The average molecular weight is 304 g/mol. The zero-order valence-electron chi connectivity index (χ0n) is 13.8. The van der Waals surface area contributed by atoms with E-state index in [1.807, 2.05) is 12.3 Å². The molecule has 0 bridgehead atoms. The molecule has 0 aliphatic carbocycles. The van der Waals surface area contributed by atoms with Crippen LogP contribution in [0.3, 0.4) is 0 Å². The Labute approximate surface area is 138 Å². The molecule has 0 spiro atoms. The van der Waals surface area contributed by atoms with Crippen LogP contribution in [0, 0.1) is 0 Å². The van der Waals surface area contributed by atoms with Gasteiger partial charge in [0.05, 0.1) is 11.2 Å². The lowest BCUT2D eigenvalue weighted by atomic mass is 10.1. The third kappa shape index (κ3) is 3.70. The maximum atomic E-state index is 4.50. The highest BCUT2D eigenvalue weighted by atomic mass is 15.1. The highest BCUT2D eigenvalue weighted by Gasteiger charge is 2.12. The van der Waals surface area contributed by atoms with Crippen LogP contribution in [-0.4, -0.2) is 11.5 Å². The molecule has 2 aromatic carbocycles. The Kier molecular flexibility index (Phi) is 5.25. The Morgan fingerprint density at radius 1 is 0.826 bits per heavy atom. The summed E-state index contributed by atoms with van der Waals surface area (Å²) in [5, 5.41) is 1.22. The van der Waals surface area contributed by atoms with E-state index in [0.29, 0.717) is 0 Å². The topological polar surface area (TPSA) is 16.1 Å². The van der Waals surface area contributed by atoms with Crippen LogP contribution in [0.4, 0.5) is 11.4 Å². The molecule has 0 saturated heterocycles. The number of hydrogen-bond acceptors (Lipinski definition) is 2. The van der Waals surface area contributed by atoms with Crippen LogP contribution in [0.15, 0.2) is 66.9 Å². The van der Waals surface area contributed by atoms with Gasteiger partial charge in [-0.1, -0.05) is 62.6 Å². The van der Waals surface area contributed by atoms with E-state index in [9.17, 15) is 0 Å². The van der Waals surface area contributed by atoms with Crippen molar-refractivity contribution < 1.29 is 0 Å². The van der Waals surface area contributed by atoms with Crippen molar-refractivity contribution in [2.45, 2.75) is 32.6 Å². The second-order valence-corrected chi connectivity index (χ2v) is 5.90. The second kappa shape index (κ2) is 7.77. The first kappa shape index (κ1) is 15.5. The molecule has 0 aliphatic rings. The quantitative estimate of drug-likeness (QED) is 0.501. The van der Waals surface area contributed by atoms with Crippen molar-refractivity contribution in [3.63, 3.8) is 0 Å². The zero-order valence-corrected chi connectivity index (χ0v) is 13.8. The van der Waals surface area contributed by atoms with Crippen LogP contribution in [-0.2, 0) is 0 Å². The SMILES string of the molecule is CCCCCCN(c1ccccc1)c1ccnc2ccccc12. The predicted molar refractivity (Wildman–Crippen MR) is 99.3 cm³/mol. The molecule has 23 heavy (non-hydrogen) atoms. The summed E-state index contributed by atoms with van der Waals surface area (Å²) in [6.45, 7) is 3.29. The summed E-state index contributed by atoms with van der Waals surface area (Å²) < 4.78 is 0. The molecule has 3 rings (SSSR count). The summed E-state index contributed by atoms with van der Waals surface area (Å²) >= 11 is 0. The van der Waals surface area contributed by atoms with Crippen molar-refractivity contribution in [1.82, 2.24) is 4.98 Å². The summed E-state index contributed by atoms with van der Waals surface area (Å²) in [5.41, 5.74) is 3.55. The van der Waals surface area contributed by atoms with Crippen LogP contribution in [0.25, 0.3) is 10.9 Å². The van der Waals surface area contributed by atoms with Gasteiger partial charge in [0, 0.05) is 23.8 Å². The fourth-order valence-corrected chi connectivity index (χ4v) is 3.01. The van der Waals surface area contributed by atoms with Crippen LogP contribution in [0.2, 0.25) is 0 Å². The van der Waals surface area contributed by atoms with Gasteiger partial charge < -0.3 is 4.90 Å². The Hall–Kier alpha value is -2.35. The lowest BCUT2D eigenvalue weighted by molar-refractivity contribution is 0.668. The minimum atomic E-state index is 1.04. The summed E-state index contributed by atoms with van der Waals surface area (Å²) in [4.78, 5) is 6.93. The lowest BCUT2D eigenvalue weighted by Gasteiger charge is -2.26. The molecule has 118 valence electrons. The first-order valence-corrected chi connectivity index (χ1v) is 8.56. The third-order valence-electron chi connectivity index (χ3n) is 4.22. The van der Waals surface area contributed by atoms with Gasteiger partial charge in [0.1, 0.15) is 0 Å². The third-order valence-corrected chi connectivity index (χ3v) is 4.22. The largest absolute Gasteiger partial charge is 0.341 e. The lowest BCUT2D eigenvalue weighted by Crippen LogP contribution is -2.18. The number of pyridine rings is 1. The molecule has 3 aromatic rings. The molecule has 0 saturated carbocycles. The molecule has 0 radical (unpaired) electrons. The number of nitrogens with zero attached hydrogens (tertiary/aromatic N) is 2. The van der Waals surface area contributed by atoms with E-state index in [2.05, 4.69) is 71.4 Å². The van der Waals surface area contributed by atoms with Crippen molar-refractivity contribution >= 4 is 22.3 Å². The predicted octanol–water partition coefficient (Wildman–Crippen LogP) is 5.95. The van der Waals surface area contributed by atoms with Crippen molar-refractivity contribution in [2.75, 3.05) is 11.4 Å². The minimum Gasteiger partial charge on any atom is -0.341 e. The molecule has 1 aromatic heterocycles. The summed E-state index contributed by atoms with van der Waals surface area (Å²) in [6, 6.07) is 21.2. The first-order valence-electron chi connectivity index (χ1n) is 8.56. The Morgan fingerprint density at radius 3 is 2.43 bits per heavy atom. The molecule has 0 amide bonds. The van der Waals surface area contributed by atoms with Crippen LogP contribution in [0.5, 0.6) is 0 Å². The number of para-hydroxylation sites is 2. The first-order chi connectivity index (χ1) is 11.4. The number of hydrogen-bond donors (Lipinski definition) is 0. The molecular weight excluding hydrogens is 280 g/mol. The Bertz CT molecular complexity index is 732. The van der Waals surface area contributed by atoms with Crippen molar-refractivity contribution in [2.24, 2.45) is 0 Å². The normalized spacial score (nSPS) is 10.8. The van der Waals surface area contributed by atoms with Crippen LogP contribution in [0.1, 0.15) is 32.6 Å². The number of rotatable bonds is 7. The number of aromatic nitrogens is 1. The van der Waals surface area contributed by atoms with Gasteiger partial charge in [0.15, 0.2) is 0 Å². The van der Waals surface area contributed by atoms with E-state index in [1.54, 1.807) is 0 Å². The molecular formula is C21H24N2. The van der Waals surface area contributed by atoms with Gasteiger partial charge in [-0.15, -0.1) is 0 Å². The second-order valence-electron chi connectivity index (χ2n) is 5.90. The molecule has 0 unspecified atom stereocenters. The van der Waals surface area contributed by atoms with Gasteiger partial charge >= 0.3 is 0 Å². The fourth-order valence-electron chi connectivity index (χ4n) is 3.01. The number of unbranched alkanes of at least 4 members (excludes halogenated alkanes) is 3. The Balaban J connectivity index is 1.96. The summed E-state index contributed by atoms with van der Waals surface area (Å²) in [6.07, 6.45) is 6.98. The number of anilines is 2. The van der Waals surface area contributed by atoms with Crippen LogP contribution < -0.4 is 4.90 Å². The molecule has 2 nitrogen and oxygen atoms in total. The smallest absolute Gasteiger partial charge is 0.0722 e. The molecule has 0 aliphatic heterocycles. The summed E-state index contributed by atoms with van der Waals surface area (Å²) in [5.74, 6) is 0. The van der Waals surface area contributed by atoms with Gasteiger partial charge in [0.2, 0.25) is 0 Å². The van der Waals surface area contributed by atoms with E-state index >= 15 is 0 Å². The standard InChI is InChI=1S/C21H24N2/c1-2-3-4-10-17-23(18-11-6-5-7-12-18)21-15-16-22-20-14-9-8-13-19(20)21/h5-9,11-16H,2-4,10,17H2,1H3. The molecule has 0 N–H and O–H groups in total. The van der Waals surface area contributed by atoms with E-state index in [0.717, 1.165) is 12.1 Å². The molecule has 1 heterocycles. The van der Waals surface area contributed by atoms with Crippen molar-refractivity contribution in [3.8, 4) is 0 Å². The Morgan fingerprint density at radius 2 is 1.61 bits per heavy atom. The van der Waals surface area contributed by atoms with Gasteiger partial charge in [-0.25, -0.2) is 0 Å². The average Bonchev–Trinajstić information content (AvgIpc) is 2.62. The zero-order chi connectivity index (χ0) is 15.9. The summed E-state index contributed by atoms with van der Waals surface area (Å²) in [7, 11) is 0. The van der Waals surface area contributed by atoms with Crippen LogP contribution >= 0.6 is 0 Å². The highest BCUT2D eigenvalue weighted by molar-refractivity contribution is 5.93. The van der Waals surface area contributed by atoms with Gasteiger partial charge in [0.25, 0.3) is 0 Å². The highest BCUT2D eigenvalue weighted by Crippen LogP contribution is 2.31. The maximum Gasteiger partial charge on any atom is 0.0722 e. The van der Waals surface area contributed by atoms with Crippen molar-refractivity contribution in [1.29, 1.82) is 0 Å². The van der Waals surface area contributed by atoms with Gasteiger partial charge in [-0.05, 0) is 30.7 Å². The molecule has 0 fully saturated rings. The fraction of sp³-hybridized carbons (Fsp3) is 0.286. The minimum absolute atomic E-state index is 1.04. The van der Waals surface area contributed by atoms with E-state index in [1.165, 1.54) is 42.4 Å². The van der Waals surface area contributed by atoms with E-state index in [-0.39, 0.29) is 0 Å². The number of fused-ring (bicyclic) bond motifs is 1. The van der Waals surface area contributed by atoms with E-state index < -0.39 is 0 Å². The van der Waals surface area contributed by atoms with Gasteiger partial charge in [-0.3, -0.25) is 4.98 Å². The molecule has 0 atom stereocenters. The number of benzene rings is 2. The molecule has 2 heteroatoms. The van der Waals surface area contributed by atoms with Gasteiger partial charge in [-0.2, -0.15) is 0 Å². The monoisotopic (exact) mass is 304 g/mol.